The van der Waals surface area contributed by atoms with Crippen LogP contribution in [0, 0.1) is 0 Å². The minimum absolute atomic E-state index is 0.156. The molecule has 0 saturated carbocycles. The van der Waals surface area contributed by atoms with E-state index in [4.69, 9.17) is 10.2 Å². The Kier molecular flexibility index (Phi) is 8.68. The van der Waals surface area contributed by atoms with Crippen molar-refractivity contribution in [3.8, 4) is 0 Å². The van der Waals surface area contributed by atoms with Gasteiger partial charge in [-0.3, -0.25) is 9.59 Å². The molecule has 0 aliphatic rings. The average Bonchev–Trinajstić information content (AvgIpc) is 2.40. The average molecular weight is 318 g/mol. The Morgan fingerprint density at radius 3 is 2.00 bits per heavy atom. The molecule has 9 nitrogen and oxygen atoms in total. The third-order valence-electron chi connectivity index (χ3n) is 2.18. The lowest BCUT2D eigenvalue weighted by molar-refractivity contribution is -0.233. The molecule has 9 heteroatoms. The van der Waals surface area contributed by atoms with Gasteiger partial charge in [-0.25, -0.2) is 4.79 Å². The van der Waals surface area contributed by atoms with E-state index in [1.165, 1.54) is 12.2 Å². The van der Waals surface area contributed by atoms with Crippen LogP contribution in [0.25, 0.3) is 0 Å². The smallest absolute Gasteiger partial charge is 0.339 e. The van der Waals surface area contributed by atoms with Crippen LogP contribution in [0.2, 0.25) is 0 Å². The van der Waals surface area contributed by atoms with E-state index in [-0.39, 0.29) is 13.2 Å². The highest BCUT2D eigenvalue weighted by atomic mass is 16.7. The lowest BCUT2D eigenvalue weighted by atomic mass is 9.95. The predicted molar refractivity (Wildman–Crippen MR) is 70.8 cm³/mol. The van der Waals surface area contributed by atoms with Crippen molar-refractivity contribution in [2.45, 2.75) is 24.9 Å². The molecule has 0 saturated heterocycles. The molecule has 0 spiro atoms. The topological polar surface area (TPSA) is 140 Å². The quantitative estimate of drug-likeness (QED) is 0.195. The number of hydrogen-bond donors (Lipinski definition) is 3. The summed E-state index contributed by atoms with van der Waals surface area (Å²) in [5, 5.41) is 27.2. The van der Waals surface area contributed by atoms with Crippen LogP contribution in [0.5, 0.6) is 0 Å². The number of carbonyl (C=O) groups is 3. The Bertz CT molecular complexity index is 429. The standard InChI is InChI=1S/C13H18O9/c1-3-5-20-9(14)7-13(19,11(16)21-6-4-2)8-10(15)22-12(17)18/h3-4,12,17-19H,1-2,5-8H2. The second-order valence-electron chi connectivity index (χ2n) is 4.06. The van der Waals surface area contributed by atoms with Gasteiger partial charge in [0.1, 0.15) is 13.2 Å². The summed E-state index contributed by atoms with van der Waals surface area (Å²) in [7, 11) is 0. The van der Waals surface area contributed by atoms with Gasteiger partial charge in [0.25, 0.3) is 0 Å². The van der Waals surface area contributed by atoms with Gasteiger partial charge in [-0.2, -0.15) is 0 Å². The first-order valence-electron chi connectivity index (χ1n) is 6.08. The van der Waals surface area contributed by atoms with Gasteiger partial charge < -0.3 is 29.5 Å². The van der Waals surface area contributed by atoms with Crippen molar-refractivity contribution in [2.24, 2.45) is 0 Å². The molecular formula is C13H18O9. The molecule has 1 atom stereocenters. The zero-order chi connectivity index (χ0) is 17.2. The summed E-state index contributed by atoms with van der Waals surface area (Å²) in [6, 6.07) is 0. The van der Waals surface area contributed by atoms with Crippen molar-refractivity contribution in [2.75, 3.05) is 13.2 Å². The molecular weight excluding hydrogens is 300 g/mol. The van der Waals surface area contributed by atoms with Crippen LogP contribution in [0.3, 0.4) is 0 Å². The van der Waals surface area contributed by atoms with Gasteiger partial charge in [-0.05, 0) is 0 Å². The van der Waals surface area contributed by atoms with E-state index >= 15 is 0 Å². The first-order valence-corrected chi connectivity index (χ1v) is 6.08. The third-order valence-corrected chi connectivity index (χ3v) is 2.18. The van der Waals surface area contributed by atoms with Gasteiger partial charge in [-0.15, -0.1) is 0 Å². The number of rotatable bonds is 10. The van der Waals surface area contributed by atoms with Crippen LogP contribution in [0.1, 0.15) is 12.8 Å². The maximum Gasteiger partial charge on any atom is 0.339 e. The van der Waals surface area contributed by atoms with Crippen LogP contribution in [-0.4, -0.2) is 58.5 Å². The molecule has 0 aliphatic carbocycles. The van der Waals surface area contributed by atoms with E-state index in [0.29, 0.717) is 0 Å². The fraction of sp³-hybridized carbons (Fsp3) is 0.462. The summed E-state index contributed by atoms with van der Waals surface area (Å²) in [6.07, 6.45) is 0.546. The molecule has 0 aromatic rings. The van der Waals surface area contributed by atoms with Crippen LogP contribution < -0.4 is 0 Å². The summed E-state index contributed by atoms with van der Waals surface area (Å²) in [4.78, 5) is 34.6. The number of ether oxygens (including phenoxy) is 3. The number of esters is 3. The largest absolute Gasteiger partial charge is 0.461 e. The van der Waals surface area contributed by atoms with E-state index in [9.17, 15) is 19.5 Å². The van der Waals surface area contributed by atoms with Crippen molar-refractivity contribution < 1.29 is 43.9 Å². The second kappa shape index (κ2) is 9.66. The Hall–Kier alpha value is -2.23. The normalized spacial score (nSPS) is 12.9. The van der Waals surface area contributed by atoms with Crippen molar-refractivity contribution >= 4 is 17.9 Å². The van der Waals surface area contributed by atoms with Gasteiger partial charge in [0, 0.05) is 0 Å². The Morgan fingerprint density at radius 1 is 1.00 bits per heavy atom. The molecule has 0 radical (unpaired) electrons. The van der Waals surface area contributed by atoms with Crippen molar-refractivity contribution in [3.63, 3.8) is 0 Å². The van der Waals surface area contributed by atoms with E-state index in [1.807, 2.05) is 0 Å². The zero-order valence-electron chi connectivity index (χ0n) is 11.8. The molecule has 1 unspecified atom stereocenters. The van der Waals surface area contributed by atoms with Gasteiger partial charge in [-0.1, -0.05) is 25.3 Å². The Labute approximate surface area is 126 Å². The van der Waals surface area contributed by atoms with E-state index in [1.54, 1.807) is 0 Å². The minimum Gasteiger partial charge on any atom is -0.461 e. The first-order chi connectivity index (χ1) is 10.2. The summed E-state index contributed by atoms with van der Waals surface area (Å²) in [5.41, 5.74) is -2.58. The van der Waals surface area contributed by atoms with Gasteiger partial charge in [0.2, 0.25) is 0 Å². The second-order valence-corrected chi connectivity index (χ2v) is 4.06. The molecule has 0 fully saturated rings. The number of aliphatic hydroxyl groups excluding tert-OH is 1. The molecule has 124 valence electrons. The molecule has 0 aromatic carbocycles. The molecule has 0 heterocycles. The highest BCUT2D eigenvalue weighted by Gasteiger charge is 2.43. The maximum absolute atomic E-state index is 11.8. The van der Waals surface area contributed by atoms with Crippen molar-refractivity contribution in [3.05, 3.63) is 25.3 Å². The number of aliphatic hydroxyl groups is 3. The molecule has 0 aromatic heterocycles. The molecule has 3 N–H and O–H groups in total. The lowest BCUT2D eigenvalue weighted by Gasteiger charge is -2.24. The number of carbonyl (C=O) groups excluding carboxylic acids is 3. The highest BCUT2D eigenvalue weighted by Crippen LogP contribution is 2.20. The Morgan fingerprint density at radius 2 is 1.50 bits per heavy atom. The fourth-order valence-electron chi connectivity index (χ4n) is 1.32. The summed E-state index contributed by atoms with van der Waals surface area (Å²) >= 11 is 0. The maximum atomic E-state index is 11.8. The number of hydrogen-bond acceptors (Lipinski definition) is 9. The molecule has 0 amide bonds. The summed E-state index contributed by atoms with van der Waals surface area (Å²) < 4.78 is 13.2. The Balaban J connectivity index is 4.98. The first kappa shape index (κ1) is 19.8. The van der Waals surface area contributed by atoms with Crippen LogP contribution >= 0.6 is 0 Å². The zero-order valence-corrected chi connectivity index (χ0v) is 11.8. The van der Waals surface area contributed by atoms with Crippen LogP contribution in [0.15, 0.2) is 25.3 Å². The summed E-state index contributed by atoms with van der Waals surface area (Å²) in [5.74, 6) is -3.60. The predicted octanol–water partition coefficient (Wildman–Crippen LogP) is -1.23. The minimum atomic E-state index is -2.58. The van der Waals surface area contributed by atoms with E-state index in [2.05, 4.69) is 27.4 Å². The van der Waals surface area contributed by atoms with Crippen LogP contribution in [0.4, 0.5) is 0 Å². The van der Waals surface area contributed by atoms with Crippen molar-refractivity contribution in [1.29, 1.82) is 0 Å². The fourth-order valence-corrected chi connectivity index (χ4v) is 1.32. The van der Waals surface area contributed by atoms with Crippen molar-refractivity contribution in [1.82, 2.24) is 0 Å². The highest BCUT2D eigenvalue weighted by molar-refractivity contribution is 5.90. The van der Waals surface area contributed by atoms with Gasteiger partial charge in [0.05, 0.1) is 12.8 Å². The molecule has 0 bridgehead atoms. The summed E-state index contributed by atoms with van der Waals surface area (Å²) in [6.45, 7) is 3.77. The van der Waals surface area contributed by atoms with Crippen LogP contribution in [-0.2, 0) is 28.6 Å². The monoisotopic (exact) mass is 318 g/mol. The van der Waals surface area contributed by atoms with E-state index < -0.39 is 42.8 Å². The molecule has 0 aliphatic heterocycles. The SMILES string of the molecule is C=CCOC(=O)CC(O)(CC(=O)OC(O)O)C(=O)OCC=C. The van der Waals surface area contributed by atoms with E-state index in [0.717, 1.165) is 0 Å². The molecule has 22 heavy (non-hydrogen) atoms. The third kappa shape index (κ3) is 7.53. The lowest BCUT2D eigenvalue weighted by Crippen LogP contribution is -2.45. The van der Waals surface area contributed by atoms with Gasteiger partial charge >= 0.3 is 24.4 Å². The van der Waals surface area contributed by atoms with Gasteiger partial charge in [0.15, 0.2) is 5.60 Å². The molecule has 0 rings (SSSR count).